The van der Waals surface area contributed by atoms with Crippen molar-refractivity contribution in [2.45, 2.75) is 19.4 Å². The lowest BCUT2D eigenvalue weighted by Gasteiger charge is -2.21. The Kier molecular flexibility index (Phi) is 4.23. The molecule has 1 aromatic carbocycles. The highest BCUT2D eigenvalue weighted by Crippen LogP contribution is 2.19. The maximum Gasteiger partial charge on any atom is 0.251 e. The summed E-state index contributed by atoms with van der Waals surface area (Å²) in [6, 6.07) is 9.67. The quantitative estimate of drug-likeness (QED) is 0.826. The van der Waals surface area contributed by atoms with E-state index in [-0.39, 0.29) is 18.2 Å². The van der Waals surface area contributed by atoms with Crippen LogP contribution in [0.15, 0.2) is 47.1 Å². The zero-order valence-corrected chi connectivity index (χ0v) is 11.9. The molecule has 0 fully saturated rings. The second-order valence-electron chi connectivity index (χ2n) is 5.07. The van der Waals surface area contributed by atoms with Crippen molar-refractivity contribution in [1.82, 2.24) is 5.32 Å². The van der Waals surface area contributed by atoms with Crippen LogP contribution in [0.25, 0.3) is 0 Å². The monoisotopic (exact) mass is 287 g/mol. The molecule has 1 heterocycles. The Morgan fingerprint density at radius 2 is 1.81 bits per heavy atom. The first kappa shape index (κ1) is 15.0. The third kappa shape index (κ3) is 3.58. The van der Waals surface area contributed by atoms with Gasteiger partial charge in [0.05, 0.1) is 12.8 Å². The summed E-state index contributed by atoms with van der Waals surface area (Å²) >= 11 is 0. The summed E-state index contributed by atoms with van der Waals surface area (Å²) in [5, 5.41) is 12.9. The number of carbonyl (C=O) groups excluding carboxylic acids is 2. The van der Waals surface area contributed by atoms with E-state index in [1.807, 2.05) is 0 Å². The Morgan fingerprint density at radius 3 is 2.33 bits per heavy atom. The van der Waals surface area contributed by atoms with Gasteiger partial charge in [-0.2, -0.15) is 0 Å². The van der Waals surface area contributed by atoms with Crippen LogP contribution in [-0.2, 0) is 5.60 Å². The summed E-state index contributed by atoms with van der Waals surface area (Å²) in [7, 11) is 0. The minimum atomic E-state index is -1.28. The molecule has 2 N–H and O–H groups in total. The molecule has 1 aromatic heterocycles. The van der Waals surface area contributed by atoms with Gasteiger partial charge < -0.3 is 14.8 Å². The third-order valence-electron chi connectivity index (χ3n) is 3.20. The molecular formula is C16H17NO4. The first-order chi connectivity index (χ1) is 9.90. The van der Waals surface area contributed by atoms with Gasteiger partial charge in [0.15, 0.2) is 5.78 Å². The second kappa shape index (κ2) is 5.93. The zero-order chi connectivity index (χ0) is 15.5. The molecule has 21 heavy (non-hydrogen) atoms. The molecule has 0 spiro atoms. The number of hydrogen-bond acceptors (Lipinski definition) is 4. The predicted molar refractivity (Wildman–Crippen MR) is 77.1 cm³/mol. The standard InChI is InChI=1S/C16H17NO4/c1-11(18)12-5-7-13(8-6-12)15(19)17-10-16(2,20)14-4-3-9-21-14/h3-9,20H,10H2,1-2H3,(H,17,19). The number of rotatable bonds is 5. The van der Waals surface area contributed by atoms with E-state index in [1.54, 1.807) is 43.3 Å². The van der Waals surface area contributed by atoms with Gasteiger partial charge in [0.1, 0.15) is 11.4 Å². The van der Waals surface area contributed by atoms with E-state index in [0.29, 0.717) is 16.9 Å². The number of nitrogens with one attached hydrogen (secondary N) is 1. The van der Waals surface area contributed by atoms with Crippen LogP contribution < -0.4 is 5.32 Å². The fourth-order valence-corrected chi connectivity index (χ4v) is 1.88. The average Bonchev–Trinajstić information content (AvgIpc) is 3.00. The topological polar surface area (TPSA) is 79.5 Å². The lowest BCUT2D eigenvalue weighted by atomic mass is 10.0. The van der Waals surface area contributed by atoms with Crippen molar-refractivity contribution in [1.29, 1.82) is 0 Å². The fourth-order valence-electron chi connectivity index (χ4n) is 1.88. The molecule has 0 aliphatic carbocycles. The van der Waals surface area contributed by atoms with E-state index in [4.69, 9.17) is 4.42 Å². The average molecular weight is 287 g/mol. The maximum atomic E-state index is 12.0. The summed E-state index contributed by atoms with van der Waals surface area (Å²) in [4.78, 5) is 23.2. The van der Waals surface area contributed by atoms with Crippen molar-refractivity contribution < 1.29 is 19.1 Å². The lowest BCUT2D eigenvalue weighted by molar-refractivity contribution is 0.0330. The van der Waals surface area contributed by atoms with Crippen molar-refractivity contribution in [3.05, 3.63) is 59.5 Å². The zero-order valence-electron chi connectivity index (χ0n) is 11.9. The number of ketones is 1. The van der Waals surface area contributed by atoms with E-state index in [2.05, 4.69) is 5.32 Å². The maximum absolute atomic E-state index is 12.0. The molecule has 0 saturated heterocycles. The van der Waals surface area contributed by atoms with Crippen molar-refractivity contribution in [3.63, 3.8) is 0 Å². The van der Waals surface area contributed by atoms with Crippen LogP contribution >= 0.6 is 0 Å². The van der Waals surface area contributed by atoms with Gasteiger partial charge in [0.2, 0.25) is 0 Å². The number of aliphatic hydroxyl groups is 1. The van der Waals surface area contributed by atoms with Gasteiger partial charge >= 0.3 is 0 Å². The van der Waals surface area contributed by atoms with Gasteiger partial charge in [-0.25, -0.2) is 0 Å². The number of amides is 1. The van der Waals surface area contributed by atoms with E-state index < -0.39 is 5.60 Å². The van der Waals surface area contributed by atoms with Gasteiger partial charge in [-0.3, -0.25) is 9.59 Å². The Labute approximate surface area is 122 Å². The molecule has 0 saturated carbocycles. The summed E-state index contributed by atoms with van der Waals surface area (Å²) in [5.41, 5.74) is -0.303. The van der Waals surface area contributed by atoms with Crippen molar-refractivity contribution in [2.75, 3.05) is 6.54 Å². The number of hydrogen-bond donors (Lipinski definition) is 2. The van der Waals surface area contributed by atoms with Crippen LogP contribution in [0.1, 0.15) is 40.3 Å². The normalized spacial score (nSPS) is 13.5. The second-order valence-corrected chi connectivity index (χ2v) is 5.07. The Bertz CT molecular complexity index is 627. The first-order valence-electron chi connectivity index (χ1n) is 6.56. The van der Waals surface area contributed by atoms with E-state index in [9.17, 15) is 14.7 Å². The molecule has 0 aliphatic heterocycles. The molecule has 1 atom stereocenters. The number of benzene rings is 1. The Morgan fingerprint density at radius 1 is 1.19 bits per heavy atom. The molecule has 5 heteroatoms. The Balaban J connectivity index is 2.00. The van der Waals surface area contributed by atoms with Crippen LogP contribution in [-0.4, -0.2) is 23.3 Å². The number of carbonyl (C=O) groups is 2. The molecule has 1 amide bonds. The smallest absolute Gasteiger partial charge is 0.251 e. The molecule has 1 unspecified atom stereocenters. The van der Waals surface area contributed by atoms with Gasteiger partial charge in [-0.1, -0.05) is 12.1 Å². The van der Waals surface area contributed by atoms with E-state index in [1.165, 1.54) is 13.2 Å². The van der Waals surface area contributed by atoms with Gasteiger partial charge in [0, 0.05) is 11.1 Å². The third-order valence-corrected chi connectivity index (χ3v) is 3.20. The largest absolute Gasteiger partial charge is 0.466 e. The molecule has 110 valence electrons. The Hall–Kier alpha value is -2.40. The highest BCUT2D eigenvalue weighted by molar-refractivity contribution is 5.97. The van der Waals surface area contributed by atoms with E-state index >= 15 is 0 Å². The molecule has 2 aromatic rings. The van der Waals surface area contributed by atoms with Crippen LogP contribution in [0.5, 0.6) is 0 Å². The predicted octanol–water partition coefficient (Wildman–Crippen LogP) is 2.12. The minimum Gasteiger partial charge on any atom is -0.466 e. The fraction of sp³-hybridized carbons (Fsp3) is 0.250. The molecule has 5 nitrogen and oxygen atoms in total. The molecule has 0 aliphatic rings. The SMILES string of the molecule is CC(=O)c1ccc(C(=O)NCC(C)(O)c2ccco2)cc1. The van der Waals surface area contributed by atoms with Crippen molar-refractivity contribution in [3.8, 4) is 0 Å². The lowest BCUT2D eigenvalue weighted by Crippen LogP contribution is -2.38. The number of furan rings is 1. The number of Topliss-reactive ketones (excluding diaryl/α,β-unsaturated/α-hetero) is 1. The molecule has 0 bridgehead atoms. The molecule has 0 radical (unpaired) electrons. The van der Waals surface area contributed by atoms with Gasteiger partial charge in [0.25, 0.3) is 5.91 Å². The summed E-state index contributed by atoms with van der Waals surface area (Å²) in [6.45, 7) is 3.05. The van der Waals surface area contributed by atoms with Crippen molar-refractivity contribution >= 4 is 11.7 Å². The van der Waals surface area contributed by atoms with Crippen LogP contribution in [0, 0.1) is 0 Å². The van der Waals surface area contributed by atoms with Gasteiger partial charge in [-0.15, -0.1) is 0 Å². The highest BCUT2D eigenvalue weighted by atomic mass is 16.4. The molecule has 2 rings (SSSR count). The first-order valence-corrected chi connectivity index (χ1v) is 6.56. The van der Waals surface area contributed by atoms with Crippen LogP contribution in [0.2, 0.25) is 0 Å². The summed E-state index contributed by atoms with van der Waals surface area (Å²) in [5.74, 6) is 0.00868. The van der Waals surface area contributed by atoms with Gasteiger partial charge in [-0.05, 0) is 38.1 Å². The summed E-state index contributed by atoms with van der Waals surface area (Å²) in [6.07, 6.45) is 1.46. The highest BCUT2D eigenvalue weighted by Gasteiger charge is 2.26. The summed E-state index contributed by atoms with van der Waals surface area (Å²) < 4.78 is 5.14. The van der Waals surface area contributed by atoms with E-state index in [0.717, 1.165) is 0 Å². The van der Waals surface area contributed by atoms with Crippen molar-refractivity contribution in [2.24, 2.45) is 0 Å². The minimum absolute atomic E-state index is 0.0216. The molecular weight excluding hydrogens is 270 g/mol. The van der Waals surface area contributed by atoms with Crippen LogP contribution in [0.3, 0.4) is 0 Å². The van der Waals surface area contributed by atoms with Crippen LogP contribution in [0.4, 0.5) is 0 Å².